The smallest absolute Gasteiger partial charge is 0.220 e. The lowest BCUT2D eigenvalue weighted by molar-refractivity contribution is -0.120. The number of phenols is 1. The van der Waals surface area contributed by atoms with Crippen LogP contribution in [-0.4, -0.2) is 17.6 Å². The monoisotopic (exact) mass is 319 g/mol. The molecule has 0 saturated heterocycles. The molecule has 0 aliphatic heterocycles. The van der Waals surface area contributed by atoms with E-state index in [-0.39, 0.29) is 11.7 Å². The number of hydrogen-bond acceptors (Lipinski definition) is 2. The van der Waals surface area contributed by atoms with Crippen LogP contribution in [0.1, 0.15) is 18.9 Å². The Morgan fingerprint density at radius 2 is 2.27 bits per heavy atom. The number of rotatable bonds is 4. The molecule has 0 atom stereocenters. The molecule has 1 aromatic carbocycles. The normalized spacial score (nSPS) is 10.0. The predicted octanol–water partition coefficient (Wildman–Crippen LogP) is 2.07. The van der Waals surface area contributed by atoms with E-state index in [0.717, 1.165) is 9.13 Å². The molecule has 0 unspecified atom stereocenters. The third-order valence-corrected chi connectivity index (χ3v) is 2.89. The first-order chi connectivity index (χ1) is 7.13. The van der Waals surface area contributed by atoms with E-state index in [1.54, 1.807) is 6.07 Å². The maximum atomic E-state index is 11.2. The minimum absolute atomic E-state index is 0.0700. The molecule has 0 saturated carbocycles. The molecule has 4 heteroatoms. The number of carbonyl (C=O) groups is 1. The lowest BCUT2D eigenvalue weighted by Gasteiger charge is -2.04. The van der Waals surface area contributed by atoms with Crippen LogP contribution in [0.3, 0.4) is 0 Å². The number of amides is 1. The average molecular weight is 319 g/mol. The molecule has 0 bridgehead atoms. The van der Waals surface area contributed by atoms with Gasteiger partial charge in [-0.2, -0.15) is 0 Å². The van der Waals surface area contributed by atoms with Crippen molar-refractivity contribution in [2.45, 2.75) is 19.8 Å². The molecular formula is C11H14INO2. The molecule has 0 aliphatic carbocycles. The fourth-order valence-electron chi connectivity index (χ4n) is 1.25. The van der Waals surface area contributed by atoms with Crippen LogP contribution in [0.15, 0.2) is 18.2 Å². The number of nitrogens with one attached hydrogen (secondary N) is 1. The first-order valence-corrected chi connectivity index (χ1v) is 5.95. The van der Waals surface area contributed by atoms with Crippen molar-refractivity contribution in [3.05, 3.63) is 27.3 Å². The Morgan fingerprint density at radius 3 is 2.87 bits per heavy atom. The van der Waals surface area contributed by atoms with Crippen molar-refractivity contribution in [1.82, 2.24) is 5.32 Å². The SMILES string of the molecule is CCNC(=O)CCc1ccc(O)c(I)c1. The molecule has 0 radical (unpaired) electrons. The van der Waals surface area contributed by atoms with Gasteiger partial charge in [0.25, 0.3) is 0 Å². The molecule has 3 nitrogen and oxygen atoms in total. The summed E-state index contributed by atoms with van der Waals surface area (Å²) < 4.78 is 0.820. The lowest BCUT2D eigenvalue weighted by Crippen LogP contribution is -2.22. The van der Waals surface area contributed by atoms with Gasteiger partial charge in [0.15, 0.2) is 0 Å². The van der Waals surface area contributed by atoms with Gasteiger partial charge >= 0.3 is 0 Å². The van der Waals surface area contributed by atoms with Crippen molar-refractivity contribution in [3.63, 3.8) is 0 Å². The zero-order valence-electron chi connectivity index (χ0n) is 8.59. The topological polar surface area (TPSA) is 49.3 Å². The van der Waals surface area contributed by atoms with E-state index in [1.165, 1.54) is 0 Å². The largest absolute Gasteiger partial charge is 0.507 e. The second-order valence-corrected chi connectivity index (χ2v) is 4.40. The van der Waals surface area contributed by atoms with Crippen LogP contribution >= 0.6 is 22.6 Å². The fourth-order valence-corrected chi connectivity index (χ4v) is 1.83. The van der Waals surface area contributed by atoms with Gasteiger partial charge in [0.2, 0.25) is 5.91 Å². The average Bonchev–Trinajstić information content (AvgIpc) is 2.20. The van der Waals surface area contributed by atoms with Gasteiger partial charge in [-0.25, -0.2) is 0 Å². The molecule has 0 aromatic heterocycles. The molecule has 0 spiro atoms. The van der Waals surface area contributed by atoms with Gasteiger partial charge < -0.3 is 10.4 Å². The molecule has 0 heterocycles. The highest BCUT2D eigenvalue weighted by molar-refractivity contribution is 14.1. The van der Waals surface area contributed by atoms with Crippen LogP contribution in [-0.2, 0) is 11.2 Å². The summed E-state index contributed by atoms with van der Waals surface area (Å²) in [5, 5.41) is 12.1. The van der Waals surface area contributed by atoms with E-state index in [9.17, 15) is 9.90 Å². The van der Waals surface area contributed by atoms with Crippen LogP contribution in [0, 0.1) is 3.57 Å². The summed E-state index contributed by atoms with van der Waals surface area (Å²) in [5.74, 6) is 0.359. The number of hydrogen-bond donors (Lipinski definition) is 2. The van der Waals surface area contributed by atoms with E-state index in [2.05, 4.69) is 27.9 Å². The lowest BCUT2D eigenvalue weighted by atomic mass is 10.1. The summed E-state index contributed by atoms with van der Waals surface area (Å²) in [4.78, 5) is 11.2. The molecule has 15 heavy (non-hydrogen) atoms. The maximum absolute atomic E-state index is 11.2. The number of carbonyl (C=O) groups excluding carboxylic acids is 1. The second-order valence-electron chi connectivity index (χ2n) is 3.24. The molecule has 82 valence electrons. The molecule has 1 aromatic rings. The molecule has 1 amide bonds. The number of aryl methyl sites for hydroxylation is 1. The Hall–Kier alpha value is -0.780. The van der Waals surface area contributed by atoms with Gasteiger partial charge in [-0.15, -0.1) is 0 Å². The third-order valence-electron chi connectivity index (χ3n) is 2.03. The van der Waals surface area contributed by atoms with Gasteiger partial charge in [-0.1, -0.05) is 6.07 Å². The first-order valence-electron chi connectivity index (χ1n) is 4.87. The van der Waals surface area contributed by atoms with Gasteiger partial charge in [0, 0.05) is 13.0 Å². The van der Waals surface area contributed by atoms with Crippen molar-refractivity contribution in [1.29, 1.82) is 0 Å². The summed E-state index contributed by atoms with van der Waals surface area (Å²) in [6.07, 6.45) is 1.21. The Kier molecular flexibility index (Phi) is 4.87. The van der Waals surface area contributed by atoms with Crippen LogP contribution in [0.25, 0.3) is 0 Å². The van der Waals surface area contributed by atoms with E-state index < -0.39 is 0 Å². The molecule has 0 aliphatic rings. The summed E-state index contributed by atoms with van der Waals surface area (Å²) in [6.45, 7) is 2.58. The van der Waals surface area contributed by atoms with Crippen LogP contribution < -0.4 is 5.32 Å². The van der Waals surface area contributed by atoms with Gasteiger partial charge in [0.05, 0.1) is 3.57 Å². The molecular weight excluding hydrogens is 305 g/mol. The molecule has 1 rings (SSSR count). The summed E-state index contributed by atoms with van der Waals surface area (Å²) in [7, 11) is 0. The van der Waals surface area contributed by atoms with Crippen LogP contribution in [0.5, 0.6) is 5.75 Å². The Morgan fingerprint density at radius 1 is 1.53 bits per heavy atom. The number of aromatic hydroxyl groups is 1. The molecule has 0 fully saturated rings. The zero-order chi connectivity index (χ0) is 11.3. The summed E-state index contributed by atoms with van der Waals surface area (Å²) in [6, 6.07) is 5.40. The number of benzene rings is 1. The third kappa shape index (κ3) is 4.07. The minimum Gasteiger partial charge on any atom is -0.507 e. The van der Waals surface area contributed by atoms with Crippen LogP contribution in [0.2, 0.25) is 0 Å². The standard InChI is InChI=1S/C11H14INO2/c1-2-13-11(15)6-4-8-3-5-10(14)9(12)7-8/h3,5,7,14H,2,4,6H2,1H3,(H,13,15). The Labute approximate surface area is 103 Å². The predicted molar refractivity (Wildman–Crippen MR) is 67.8 cm³/mol. The highest BCUT2D eigenvalue weighted by Gasteiger charge is 2.03. The zero-order valence-corrected chi connectivity index (χ0v) is 10.7. The highest BCUT2D eigenvalue weighted by Crippen LogP contribution is 2.20. The summed E-state index contributed by atoms with van der Waals surface area (Å²) >= 11 is 2.07. The Balaban J connectivity index is 2.51. The fraction of sp³-hybridized carbons (Fsp3) is 0.364. The quantitative estimate of drug-likeness (QED) is 0.835. The maximum Gasteiger partial charge on any atom is 0.220 e. The van der Waals surface area contributed by atoms with Gasteiger partial charge in [0.1, 0.15) is 5.75 Å². The summed E-state index contributed by atoms with van der Waals surface area (Å²) in [5.41, 5.74) is 1.07. The highest BCUT2D eigenvalue weighted by atomic mass is 127. The van der Waals surface area contributed by atoms with Crippen molar-refractivity contribution in [3.8, 4) is 5.75 Å². The van der Waals surface area contributed by atoms with Gasteiger partial charge in [-0.3, -0.25) is 4.79 Å². The van der Waals surface area contributed by atoms with Crippen molar-refractivity contribution < 1.29 is 9.90 Å². The van der Waals surface area contributed by atoms with Crippen LogP contribution in [0.4, 0.5) is 0 Å². The van der Waals surface area contributed by atoms with E-state index >= 15 is 0 Å². The Bertz CT molecular complexity index is 352. The van der Waals surface area contributed by atoms with E-state index in [4.69, 9.17) is 0 Å². The van der Waals surface area contributed by atoms with Gasteiger partial charge in [-0.05, 0) is 53.6 Å². The minimum atomic E-state index is 0.0700. The molecule has 2 N–H and O–H groups in total. The number of phenolic OH excluding ortho intramolecular Hbond substituents is 1. The first kappa shape index (κ1) is 12.3. The van der Waals surface area contributed by atoms with E-state index in [0.29, 0.717) is 19.4 Å². The van der Waals surface area contributed by atoms with Crippen molar-refractivity contribution >= 4 is 28.5 Å². The van der Waals surface area contributed by atoms with Crippen molar-refractivity contribution in [2.75, 3.05) is 6.54 Å². The van der Waals surface area contributed by atoms with E-state index in [1.807, 2.05) is 19.1 Å². The second kappa shape index (κ2) is 5.95. The number of halogens is 1. The van der Waals surface area contributed by atoms with Crippen molar-refractivity contribution in [2.24, 2.45) is 0 Å².